The maximum atomic E-state index is 12.2. The van der Waals surface area contributed by atoms with Crippen LogP contribution < -0.4 is 0 Å². The first-order valence-corrected chi connectivity index (χ1v) is 6.84. The average Bonchev–Trinajstić information content (AvgIpc) is 3.16. The first-order valence-electron chi connectivity index (χ1n) is 6.84. The van der Waals surface area contributed by atoms with Gasteiger partial charge in [0.05, 0.1) is 11.2 Å². The first kappa shape index (κ1) is 12.6. The van der Waals surface area contributed by atoms with Crippen molar-refractivity contribution in [3.8, 4) is 0 Å². The Morgan fingerprint density at radius 1 is 1.18 bits per heavy atom. The third-order valence-electron chi connectivity index (χ3n) is 3.43. The number of para-hydroxylation sites is 1. The lowest BCUT2D eigenvalue weighted by Crippen LogP contribution is -2.06. The number of hydrogen-bond donors (Lipinski definition) is 1. The minimum Gasteiger partial charge on any atom is -0.454 e. The van der Waals surface area contributed by atoms with E-state index in [4.69, 9.17) is 4.74 Å². The number of hydrogen-bond acceptors (Lipinski definition) is 4. The fraction of sp³-hybridized carbons (Fsp3) is 0.0625. The molecule has 0 amide bonds. The van der Waals surface area contributed by atoms with Crippen LogP contribution in [0.5, 0.6) is 0 Å². The number of imidazole rings is 1. The van der Waals surface area contributed by atoms with Crippen molar-refractivity contribution in [1.29, 1.82) is 0 Å². The zero-order chi connectivity index (χ0) is 14.9. The molecule has 4 rings (SSSR count). The van der Waals surface area contributed by atoms with Crippen LogP contribution in [0.3, 0.4) is 0 Å². The molecule has 0 saturated heterocycles. The number of aromatic nitrogens is 4. The molecule has 0 radical (unpaired) electrons. The first-order chi connectivity index (χ1) is 10.8. The second-order valence-corrected chi connectivity index (χ2v) is 4.89. The number of aromatic amines is 1. The summed E-state index contributed by atoms with van der Waals surface area (Å²) in [6.45, 7) is 0.113. The Labute approximate surface area is 125 Å². The lowest BCUT2D eigenvalue weighted by Gasteiger charge is -2.00. The van der Waals surface area contributed by atoms with Crippen LogP contribution in [0.15, 0.2) is 54.9 Å². The van der Waals surface area contributed by atoms with Gasteiger partial charge >= 0.3 is 5.97 Å². The second-order valence-electron chi connectivity index (χ2n) is 4.89. The Morgan fingerprint density at radius 2 is 2.05 bits per heavy atom. The molecule has 4 aromatic rings. The molecule has 0 aliphatic carbocycles. The van der Waals surface area contributed by atoms with Crippen molar-refractivity contribution in [2.75, 3.05) is 0 Å². The molecule has 6 heteroatoms. The quantitative estimate of drug-likeness (QED) is 0.589. The molecular weight excluding hydrogens is 280 g/mol. The Bertz CT molecular complexity index is 937. The van der Waals surface area contributed by atoms with E-state index in [9.17, 15) is 4.79 Å². The van der Waals surface area contributed by atoms with Crippen molar-refractivity contribution in [2.24, 2.45) is 0 Å². The number of nitrogens with one attached hydrogen (secondary N) is 1. The van der Waals surface area contributed by atoms with Gasteiger partial charge < -0.3 is 9.14 Å². The number of benzene rings is 1. The monoisotopic (exact) mass is 292 g/mol. The molecule has 0 fully saturated rings. The van der Waals surface area contributed by atoms with Crippen LogP contribution in [0.1, 0.15) is 16.2 Å². The molecular formula is C16H12N4O2. The van der Waals surface area contributed by atoms with E-state index in [-0.39, 0.29) is 6.61 Å². The molecule has 6 nitrogen and oxygen atoms in total. The lowest BCUT2D eigenvalue weighted by atomic mass is 10.2. The Balaban J connectivity index is 1.54. The molecule has 3 aromatic heterocycles. The smallest absolute Gasteiger partial charge is 0.359 e. The number of nitrogens with zero attached hydrogens (tertiary/aromatic N) is 3. The van der Waals surface area contributed by atoms with Gasteiger partial charge in [-0.05, 0) is 18.2 Å². The van der Waals surface area contributed by atoms with Crippen molar-refractivity contribution in [3.63, 3.8) is 0 Å². The van der Waals surface area contributed by atoms with E-state index >= 15 is 0 Å². The number of fused-ring (bicyclic) bond motifs is 2. The number of carbonyl (C=O) groups excluding carboxylic acids is 1. The van der Waals surface area contributed by atoms with E-state index in [1.54, 1.807) is 0 Å². The number of H-pyrrole nitrogens is 1. The van der Waals surface area contributed by atoms with Crippen LogP contribution in [0.4, 0.5) is 0 Å². The Morgan fingerprint density at radius 3 is 2.95 bits per heavy atom. The lowest BCUT2D eigenvalue weighted by molar-refractivity contribution is 0.0463. The van der Waals surface area contributed by atoms with Crippen molar-refractivity contribution in [1.82, 2.24) is 19.6 Å². The van der Waals surface area contributed by atoms with Gasteiger partial charge in [0.1, 0.15) is 12.3 Å². The topological polar surface area (TPSA) is 72.3 Å². The molecule has 0 bridgehead atoms. The van der Waals surface area contributed by atoms with Crippen LogP contribution >= 0.6 is 0 Å². The summed E-state index contributed by atoms with van der Waals surface area (Å²) in [4.78, 5) is 16.6. The molecule has 108 valence electrons. The van der Waals surface area contributed by atoms with Gasteiger partial charge in [0.2, 0.25) is 0 Å². The number of pyridine rings is 1. The SMILES string of the molecule is O=C(OCc1cn2ccccc2n1)c1n[nH]c2ccccc12. The highest BCUT2D eigenvalue weighted by molar-refractivity contribution is 6.01. The molecule has 3 heterocycles. The van der Waals surface area contributed by atoms with Crippen LogP contribution in [0.25, 0.3) is 16.6 Å². The highest BCUT2D eigenvalue weighted by atomic mass is 16.5. The molecule has 0 spiro atoms. The third-order valence-corrected chi connectivity index (χ3v) is 3.43. The average molecular weight is 292 g/mol. The molecule has 0 saturated carbocycles. The fourth-order valence-electron chi connectivity index (χ4n) is 2.38. The summed E-state index contributed by atoms with van der Waals surface area (Å²) in [5.74, 6) is -0.463. The van der Waals surface area contributed by atoms with Gasteiger partial charge in [-0.2, -0.15) is 5.10 Å². The molecule has 22 heavy (non-hydrogen) atoms. The van der Waals surface area contributed by atoms with E-state index in [2.05, 4.69) is 15.2 Å². The zero-order valence-corrected chi connectivity index (χ0v) is 11.6. The molecule has 0 aliphatic rings. The van der Waals surface area contributed by atoms with Crippen molar-refractivity contribution >= 4 is 22.5 Å². The van der Waals surface area contributed by atoms with Crippen LogP contribution in [0.2, 0.25) is 0 Å². The van der Waals surface area contributed by atoms with E-state index in [1.165, 1.54) is 0 Å². The third kappa shape index (κ3) is 2.10. The zero-order valence-electron chi connectivity index (χ0n) is 11.6. The summed E-state index contributed by atoms with van der Waals surface area (Å²) in [6.07, 6.45) is 3.74. The normalized spacial score (nSPS) is 11.1. The van der Waals surface area contributed by atoms with Crippen molar-refractivity contribution < 1.29 is 9.53 Å². The molecule has 0 atom stereocenters. The summed E-state index contributed by atoms with van der Waals surface area (Å²) >= 11 is 0. The Kier molecular flexibility index (Phi) is 2.86. The van der Waals surface area contributed by atoms with E-state index in [0.29, 0.717) is 11.4 Å². The number of rotatable bonds is 3. The summed E-state index contributed by atoms with van der Waals surface area (Å²) in [7, 11) is 0. The van der Waals surface area contributed by atoms with Gasteiger partial charge in [-0.1, -0.05) is 24.3 Å². The predicted octanol–water partition coefficient (Wildman–Crippen LogP) is 2.57. The number of carbonyl (C=O) groups is 1. The largest absolute Gasteiger partial charge is 0.454 e. The Hall–Kier alpha value is -3.15. The van der Waals surface area contributed by atoms with Gasteiger partial charge in [-0.15, -0.1) is 0 Å². The maximum Gasteiger partial charge on any atom is 0.359 e. The molecule has 1 N–H and O–H groups in total. The summed E-state index contributed by atoms with van der Waals surface area (Å²) in [5, 5.41) is 7.60. The maximum absolute atomic E-state index is 12.2. The minimum absolute atomic E-state index is 0.113. The van der Waals surface area contributed by atoms with Gasteiger partial charge in [-0.25, -0.2) is 9.78 Å². The van der Waals surface area contributed by atoms with Crippen molar-refractivity contribution in [3.05, 3.63) is 66.2 Å². The van der Waals surface area contributed by atoms with E-state index in [1.807, 2.05) is 59.3 Å². The predicted molar refractivity (Wildman–Crippen MR) is 80.4 cm³/mol. The summed E-state index contributed by atoms with van der Waals surface area (Å²) < 4.78 is 7.19. The summed E-state index contributed by atoms with van der Waals surface area (Å²) in [5.41, 5.74) is 2.61. The molecule has 0 aliphatic heterocycles. The fourth-order valence-corrected chi connectivity index (χ4v) is 2.38. The van der Waals surface area contributed by atoms with Gasteiger partial charge in [0.15, 0.2) is 5.69 Å². The highest BCUT2D eigenvalue weighted by Gasteiger charge is 2.15. The van der Waals surface area contributed by atoms with Crippen LogP contribution in [-0.4, -0.2) is 25.6 Å². The van der Waals surface area contributed by atoms with Gasteiger partial charge in [0.25, 0.3) is 0 Å². The molecule has 1 aromatic carbocycles. The van der Waals surface area contributed by atoms with Crippen LogP contribution in [0, 0.1) is 0 Å². The highest BCUT2D eigenvalue weighted by Crippen LogP contribution is 2.16. The molecule has 0 unspecified atom stereocenters. The van der Waals surface area contributed by atoms with Gasteiger partial charge in [-0.3, -0.25) is 5.10 Å². The number of ether oxygens (including phenoxy) is 1. The van der Waals surface area contributed by atoms with E-state index in [0.717, 1.165) is 16.6 Å². The second kappa shape index (κ2) is 5.00. The van der Waals surface area contributed by atoms with Crippen LogP contribution in [-0.2, 0) is 11.3 Å². The summed E-state index contributed by atoms with van der Waals surface area (Å²) in [6, 6.07) is 13.2. The van der Waals surface area contributed by atoms with E-state index < -0.39 is 5.97 Å². The number of esters is 1. The minimum atomic E-state index is -0.463. The van der Waals surface area contributed by atoms with Crippen molar-refractivity contribution in [2.45, 2.75) is 6.61 Å². The van der Waals surface area contributed by atoms with Gasteiger partial charge in [0, 0.05) is 17.8 Å². The standard InChI is InChI=1S/C16H12N4O2/c21-16(15-12-5-1-2-6-13(12)18-19-15)22-10-11-9-20-8-4-3-7-14(20)17-11/h1-9H,10H2,(H,18,19).